The Labute approximate surface area is 284 Å². The number of aromatic nitrogens is 1. The number of unbranched alkanes of at least 4 members (excludes halogenated alkanes) is 9. The lowest BCUT2D eigenvalue weighted by Crippen LogP contribution is -2.30. The third-order valence-electron chi connectivity index (χ3n) is 7.97. The fraction of sp³-hybridized carbons (Fsp3) is 0.486. The molecule has 2 atom stereocenters. The average molecular weight is 685 g/mol. The first kappa shape index (κ1) is 36.9. The molecule has 0 spiro atoms. The van der Waals surface area contributed by atoms with Crippen molar-refractivity contribution in [3.63, 3.8) is 0 Å². The summed E-state index contributed by atoms with van der Waals surface area (Å²) in [5, 5.41) is 2.04. The van der Waals surface area contributed by atoms with Crippen LogP contribution in [0.3, 0.4) is 0 Å². The maximum Gasteiger partial charge on any atom is 0.527 e. The lowest BCUT2D eigenvalue weighted by molar-refractivity contribution is -0.683. The molecule has 1 heterocycles. The Morgan fingerprint density at radius 3 is 2.32 bits per heavy atom. The van der Waals surface area contributed by atoms with Crippen molar-refractivity contribution < 1.29 is 37.3 Å². The van der Waals surface area contributed by atoms with Crippen LogP contribution in [0.4, 0.5) is 0 Å². The van der Waals surface area contributed by atoms with Gasteiger partial charge in [0.1, 0.15) is 30.0 Å². The van der Waals surface area contributed by atoms with E-state index in [0.717, 1.165) is 28.5 Å². The fourth-order valence-electron chi connectivity index (χ4n) is 5.37. The van der Waals surface area contributed by atoms with Gasteiger partial charge in [0.15, 0.2) is 12.7 Å². The van der Waals surface area contributed by atoms with E-state index in [0.29, 0.717) is 18.9 Å². The number of benzene rings is 3. The van der Waals surface area contributed by atoms with Gasteiger partial charge in [-0.15, -0.1) is 0 Å². The molecule has 0 aliphatic carbocycles. The van der Waals surface area contributed by atoms with Crippen molar-refractivity contribution in [2.24, 2.45) is 0 Å². The van der Waals surface area contributed by atoms with E-state index in [1.165, 1.54) is 69.8 Å². The van der Waals surface area contributed by atoms with E-state index < -0.39 is 13.9 Å². The number of ether oxygens (including phenoxy) is 3. The molecule has 0 saturated heterocycles. The summed E-state index contributed by atoms with van der Waals surface area (Å²) in [5.41, 5.74) is 2.97. The number of hydrogen-bond donors (Lipinski definition) is 1. The summed E-state index contributed by atoms with van der Waals surface area (Å²) in [4.78, 5) is 11.6. The Bertz CT molecular complexity index is 1540. The Balaban J connectivity index is 1.19. The molecule has 47 heavy (non-hydrogen) atoms. The number of hydrogen-bond acceptors (Lipinski definition) is 7. The zero-order valence-corrected chi connectivity index (χ0v) is 29.8. The molecule has 0 fully saturated rings. The summed E-state index contributed by atoms with van der Waals surface area (Å²) < 4.78 is 43.0. The molecule has 0 amide bonds. The highest BCUT2D eigenvalue weighted by Crippen LogP contribution is 2.44. The molecule has 1 N–H and O–H groups in total. The Hall–Kier alpha value is -2.94. The van der Waals surface area contributed by atoms with Gasteiger partial charge >= 0.3 is 7.82 Å². The number of phosphoric acid groups is 1. The molecule has 4 rings (SSSR count). The predicted molar refractivity (Wildman–Crippen MR) is 189 cm³/mol. The highest BCUT2D eigenvalue weighted by Gasteiger charge is 2.26. The number of rotatable bonds is 23. The van der Waals surface area contributed by atoms with Crippen LogP contribution in [0, 0.1) is 6.92 Å². The van der Waals surface area contributed by atoms with Crippen molar-refractivity contribution in [1.29, 1.82) is 0 Å². The molecule has 0 bridgehead atoms. The molecule has 10 heteroatoms. The summed E-state index contributed by atoms with van der Waals surface area (Å²) in [7, 11) is -2.89. The van der Waals surface area contributed by atoms with E-state index >= 15 is 0 Å². The second kappa shape index (κ2) is 19.8. The van der Waals surface area contributed by atoms with Crippen molar-refractivity contribution >= 4 is 29.9 Å². The molecule has 0 aliphatic rings. The molecule has 0 radical (unpaired) electrons. The van der Waals surface area contributed by atoms with Crippen LogP contribution in [0.25, 0.3) is 10.8 Å². The van der Waals surface area contributed by atoms with Gasteiger partial charge in [0.05, 0.1) is 18.1 Å². The average Bonchev–Trinajstić information content (AvgIpc) is 3.47. The number of phosphoric ester groups is 1. The summed E-state index contributed by atoms with van der Waals surface area (Å²) >= 11 is 1.66. The van der Waals surface area contributed by atoms with Crippen LogP contribution in [0.5, 0.6) is 17.2 Å². The van der Waals surface area contributed by atoms with E-state index in [2.05, 4.69) is 17.7 Å². The number of aryl methyl sites for hydroxylation is 1. The van der Waals surface area contributed by atoms with Crippen LogP contribution in [0.1, 0.15) is 81.6 Å². The fourth-order valence-corrected chi connectivity index (χ4v) is 6.79. The van der Waals surface area contributed by atoms with E-state index in [1.807, 2.05) is 54.9 Å². The Morgan fingerprint density at radius 1 is 0.851 bits per heavy atom. The van der Waals surface area contributed by atoms with E-state index in [1.54, 1.807) is 29.5 Å². The van der Waals surface area contributed by atoms with Crippen LogP contribution < -0.4 is 18.6 Å². The molecular formula is C37H51NO7PS+. The van der Waals surface area contributed by atoms with E-state index in [-0.39, 0.29) is 19.0 Å². The Kier molecular flexibility index (Phi) is 15.5. The lowest BCUT2D eigenvalue weighted by Gasteiger charge is -2.19. The second-order valence-corrected chi connectivity index (χ2v) is 14.4. The molecule has 4 aromatic rings. The van der Waals surface area contributed by atoms with Crippen LogP contribution >= 0.6 is 19.2 Å². The highest BCUT2D eigenvalue weighted by atomic mass is 32.1. The third kappa shape index (κ3) is 13.2. The van der Waals surface area contributed by atoms with E-state index in [4.69, 9.17) is 23.3 Å². The normalized spacial score (nSPS) is 13.4. The van der Waals surface area contributed by atoms with Crippen molar-refractivity contribution in [2.45, 2.75) is 90.7 Å². The van der Waals surface area contributed by atoms with Gasteiger partial charge in [-0.05, 0) is 55.1 Å². The molecule has 3 aromatic carbocycles. The first-order valence-electron chi connectivity index (χ1n) is 16.9. The van der Waals surface area contributed by atoms with Crippen LogP contribution in [0.15, 0.2) is 72.4 Å². The maximum absolute atomic E-state index is 12.7. The predicted octanol–water partition coefficient (Wildman–Crippen LogP) is 9.44. The summed E-state index contributed by atoms with van der Waals surface area (Å²) in [5.74, 6) is 1.79. The van der Waals surface area contributed by atoms with Gasteiger partial charge < -0.3 is 18.7 Å². The smallest absolute Gasteiger partial charge is 0.493 e. The molecule has 2 unspecified atom stereocenters. The van der Waals surface area contributed by atoms with Crippen LogP contribution in [0.2, 0.25) is 0 Å². The molecule has 0 saturated carbocycles. The zero-order chi connectivity index (χ0) is 33.3. The molecule has 8 nitrogen and oxygen atoms in total. The molecule has 256 valence electrons. The van der Waals surface area contributed by atoms with Crippen molar-refractivity contribution in [1.82, 2.24) is 0 Å². The largest absolute Gasteiger partial charge is 0.527 e. The molecular weight excluding hydrogens is 633 g/mol. The number of methoxy groups -OCH3 is 1. The van der Waals surface area contributed by atoms with Gasteiger partial charge in [-0.3, -0.25) is 9.42 Å². The van der Waals surface area contributed by atoms with Gasteiger partial charge in [-0.1, -0.05) is 100 Å². The van der Waals surface area contributed by atoms with Crippen LogP contribution in [-0.4, -0.2) is 37.9 Å². The lowest BCUT2D eigenvalue weighted by atomic mass is 10.1. The minimum atomic E-state index is -4.39. The van der Waals surface area contributed by atoms with Gasteiger partial charge in [0, 0.05) is 18.1 Å². The topological polar surface area (TPSA) is 87.3 Å². The SMILES string of the molecule is CCCCCCCCCCCCOc1cccc2cc(OCC(COP(=O)(O)Oc3cccc(C[n+]4csc(C)c4)c3)OC)ccc12. The number of thiazole rings is 1. The first-order valence-corrected chi connectivity index (χ1v) is 19.2. The van der Waals surface area contributed by atoms with Crippen molar-refractivity contribution in [3.05, 3.63) is 82.8 Å². The zero-order valence-electron chi connectivity index (χ0n) is 28.1. The first-order chi connectivity index (χ1) is 22.8. The second-order valence-electron chi connectivity index (χ2n) is 12.0. The van der Waals surface area contributed by atoms with Gasteiger partial charge in [-0.2, -0.15) is 4.57 Å². The summed E-state index contributed by atoms with van der Waals surface area (Å²) in [6, 6.07) is 19.0. The molecule has 1 aromatic heterocycles. The Morgan fingerprint density at radius 2 is 1.60 bits per heavy atom. The van der Waals surface area contributed by atoms with Crippen molar-refractivity contribution in [2.75, 3.05) is 26.9 Å². The highest BCUT2D eigenvalue weighted by molar-refractivity contribution is 7.47. The van der Waals surface area contributed by atoms with Crippen LogP contribution in [-0.2, 0) is 20.4 Å². The third-order valence-corrected chi connectivity index (χ3v) is 9.74. The monoisotopic (exact) mass is 684 g/mol. The minimum absolute atomic E-state index is 0.129. The van der Waals surface area contributed by atoms with Gasteiger partial charge in [-0.25, -0.2) is 4.57 Å². The number of fused-ring (bicyclic) bond motifs is 1. The van der Waals surface area contributed by atoms with Crippen molar-refractivity contribution in [3.8, 4) is 17.2 Å². The maximum atomic E-state index is 12.7. The van der Waals surface area contributed by atoms with Gasteiger partial charge in [0.25, 0.3) is 0 Å². The number of nitrogens with zero attached hydrogens (tertiary/aromatic N) is 1. The summed E-state index contributed by atoms with van der Waals surface area (Å²) in [6.45, 7) is 5.59. The quantitative estimate of drug-likeness (QED) is 0.0473. The summed E-state index contributed by atoms with van der Waals surface area (Å²) in [6.07, 6.45) is 14.4. The minimum Gasteiger partial charge on any atom is -0.493 e. The van der Waals surface area contributed by atoms with Gasteiger partial charge in [0.2, 0.25) is 5.51 Å². The van der Waals surface area contributed by atoms with E-state index in [9.17, 15) is 9.46 Å². The standard InChI is InChI=1S/C37H50NO7PS/c1-4-5-6-7-8-9-10-11-12-13-22-42-37-19-15-17-32-24-33(20-21-36(32)37)43-27-35(41-3)28-44-46(39,40)45-34-18-14-16-31(23-34)26-38-25-30(2)47-29-38/h14-21,23-25,29,35H,4-13,22,26-28H2,1-3H3/p+1. The molecule has 0 aliphatic heterocycles.